The van der Waals surface area contributed by atoms with Gasteiger partial charge in [0, 0.05) is 11.5 Å². The fraction of sp³-hybridized carbons (Fsp3) is 0.400. The van der Waals surface area contributed by atoms with Crippen LogP contribution in [0.1, 0.15) is 11.7 Å². The maximum absolute atomic E-state index is 12.1. The zero-order valence-electron chi connectivity index (χ0n) is 11.9. The Morgan fingerprint density at radius 2 is 1.78 bits per heavy atom. The van der Waals surface area contributed by atoms with E-state index in [0.29, 0.717) is 5.39 Å². The van der Waals surface area contributed by atoms with Gasteiger partial charge in [0.1, 0.15) is 41.9 Å². The Morgan fingerprint density at radius 3 is 2.48 bits per heavy atom. The number of phenols is 1. The quantitative estimate of drug-likeness (QED) is 0.444. The second-order valence-corrected chi connectivity index (χ2v) is 5.46. The predicted molar refractivity (Wildman–Crippen MR) is 76.9 cm³/mol. The summed E-state index contributed by atoms with van der Waals surface area (Å²) in [5, 5.41) is 48.7. The van der Waals surface area contributed by atoms with Gasteiger partial charge < -0.3 is 34.7 Å². The van der Waals surface area contributed by atoms with Crippen molar-refractivity contribution < 1.29 is 34.7 Å². The zero-order valence-corrected chi connectivity index (χ0v) is 11.9. The highest BCUT2D eigenvalue weighted by Gasteiger charge is 2.45. The average molecular weight is 324 g/mol. The van der Waals surface area contributed by atoms with Crippen molar-refractivity contribution in [3.63, 3.8) is 0 Å². The third-order valence-corrected chi connectivity index (χ3v) is 3.95. The molecule has 0 bridgehead atoms. The molecule has 3 rings (SSSR count). The lowest BCUT2D eigenvalue weighted by atomic mass is 9.91. The van der Waals surface area contributed by atoms with Crippen molar-refractivity contribution in [2.45, 2.75) is 30.5 Å². The molecule has 8 heteroatoms. The molecule has 1 aliphatic rings. The Kier molecular flexibility index (Phi) is 4.09. The van der Waals surface area contributed by atoms with E-state index in [1.165, 1.54) is 24.3 Å². The minimum absolute atomic E-state index is 0.0555. The summed E-state index contributed by atoms with van der Waals surface area (Å²) in [6, 6.07) is 5.60. The average Bonchev–Trinajstić information content (AvgIpc) is 2.53. The van der Waals surface area contributed by atoms with Gasteiger partial charge in [-0.3, -0.25) is 0 Å². The third kappa shape index (κ3) is 2.71. The molecule has 8 nitrogen and oxygen atoms in total. The van der Waals surface area contributed by atoms with E-state index in [1.807, 2.05) is 0 Å². The first kappa shape index (κ1) is 15.9. The standard InChI is InChI=1S/C15H16O8/c16-5-10-11(18)12(19)13(20)14(22-10)8-3-6-1-2-7(17)4-9(6)23-15(8)21/h1-4,10-14,16-20H,5H2/t10-,11+,12+,13-,14+/m1/s1. The molecule has 5 N–H and O–H groups in total. The van der Waals surface area contributed by atoms with Gasteiger partial charge in [0.15, 0.2) is 0 Å². The van der Waals surface area contributed by atoms with Crippen LogP contribution in [0.15, 0.2) is 33.5 Å². The van der Waals surface area contributed by atoms with Crippen LogP contribution < -0.4 is 5.63 Å². The van der Waals surface area contributed by atoms with Crippen molar-refractivity contribution in [3.05, 3.63) is 40.2 Å². The molecular weight excluding hydrogens is 308 g/mol. The topological polar surface area (TPSA) is 141 Å². The molecule has 5 atom stereocenters. The Labute approximate surface area is 129 Å². The van der Waals surface area contributed by atoms with E-state index in [2.05, 4.69) is 0 Å². The molecule has 0 unspecified atom stereocenters. The van der Waals surface area contributed by atoms with Gasteiger partial charge in [-0.2, -0.15) is 0 Å². The molecule has 2 heterocycles. The summed E-state index contributed by atoms with van der Waals surface area (Å²) in [6.07, 6.45) is -7.03. The molecular formula is C15H16O8. The van der Waals surface area contributed by atoms with E-state index < -0.39 is 42.8 Å². The van der Waals surface area contributed by atoms with Crippen molar-refractivity contribution in [1.29, 1.82) is 0 Å². The van der Waals surface area contributed by atoms with Crippen LogP contribution in [0.5, 0.6) is 5.75 Å². The van der Waals surface area contributed by atoms with Crippen LogP contribution in [0.25, 0.3) is 11.0 Å². The number of phenolic OH excluding ortho intramolecular Hbond substituents is 1. The molecule has 2 aromatic rings. The Balaban J connectivity index is 2.06. The molecule has 1 saturated heterocycles. The molecule has 0 radical (unpaired) electrons. The van der Waals surface area contributed by atoms with Crippen LogP contribution in [-0.4, -0.2) is 56.6 Å². The molecule has 1 aliphatic heterocycles. The van der Waals surface area contributed by atoms with Crippen molar-refractivity contribution >= 4 is 11.0 Å². The van der Waals surface area contributed by atoms with Gasteiger partial charge in [-0.15, -0.1) is 0 Å². The summed E-state index contributed by atoms with van der Waals surface area (Å²) in [6.45, 7) is -0.589. The number of hydrogen-bond donors (Lipinski definition) is 5. The highest BCUT2D eigenvalue weighted by molar-refractivity contribution is 5.78. The second-order valence-electron chi connectivity index (χ2n) is 5.46. The van der Waals surface area contributed by atoms with Crippen LogP contribution in [0.4, 0.5) is 0 Å². The van der Waals surface area contributed by atoms with Crippen molar-refractivity contribution in [2.24, 2.45) is 0 Å². The summed E-state index contributed by atoms with van der Waals surface area (Å²) >= 11 is 0. The lowest BCUT2D eigenvalue weighted by molar-refractivity contribution is -0.232. The van der Waals surface area contributed by atoms with E-state index in [4.69, 9.17) is 9.15 Å². The zero-order chi connectivity index (χ0) is 16.7. The molecule has 0 amide bonds. The number of aliphatic hydroxyl groups is 4. The smallest absolute Gasteiger partial charge is 0.342 e. The normalized spacial score (nSPS) is 31.4. The van der Waals surface area contributed by atoms with Gasteiger partial charge in [0.05, 0.1) is 12.2 Å². The van der Waals surface area contributed by atoms with E-state index in [9.17, 15) is 30.3 Å². The molecule has 0 spiro atoms. The van der Waals surface area contributed by atoms with Crippen LogP contribution in [0.3, 0.4) is 0 Å². The van der Waals surface area contributed by atoms with Gasteiger partial charge in [0.2, 0.25) is 0 Å². The molecule has 1 fully saturated rings. The largest absolute Gasteiger partial charge is 0.508 e. The van der Waals surface area contributed by atoms with Crippen LogP contribution in [0, 0.1) is 0 Å². The minimum atomic E-state index is -1.58. The van der Waals surface area contributed by atoms with Crippen LogP contribution in [-0.2, 0) is 4.74 Å². The van der Waals surface area contributed by atoms with Crippen LogP contribution in [0.2, 0.25) is 0 Å². The predicted octanol–water partition coefficient (Wildman–Crippen LogP) is -0.987. The van der Waals surface area contributed by atoms with Gasteiger partial charge in [-0.1, -0.05) is 0 Å². The van der Waals surface area contributed by atoms with E-state index >= 15 is 0 Å². The van der Waals surface area contributed by atoms with Crippen LogP contribution >= 0.6 is 0 Å². The third-order valence-electron chi connectivity index (χ3n) is 3.95. The van der Waals surface area contributed by atoms with Gasteiger partial charge in [0.25, 0.3) is 0 Å². The molecule has 0 saturated carbocycles. The van der Waals surface area contributed by atoms with E-state index in [-0.39, 0.29) is 16.9 Å². The Bertz CT molecular complexity index is 768. The molecule has 0 aliphatic carbocycles. The molecule has 1 aromatic carbocycles. The SMILES string of the molecule is O=c1oc2cc(O)ccc2cc1[C@@H]1O[C@H](CO)[C@H](O)[C@H](O)[C@H]1O. The van der Waals surface area contributed by atoms with Gasteiger partial charge in [-0.25, -0.2) is 4.79 Å². The first-order valence-electron chi connectivity index (χ1n) is 6.99. The molecule has 1 aromatic heterocycles. The Morgan fingerprint density at radius 1 is 1.04 bits per heavy atom. The monoisotopic (exact) mass is 324 g/mol. The summed E-state index contributed by atoms with van der Waals surface area (Å²) in [5.41, 5.74) is -0.712. The summed E-state index contributed by atoms with van der Waals surface area (Å²) in [7, 11) is 0. The van der Waals surface area contributed by atoms with Gasteiger partial charge >= 0.3 is 5.63 Å². The minimum Gasteiger partial charge on any atom is -0.508 e. The number of ether oxygens (including phenoxy) is 1. The van der Waals surface area contributed by atoms with E-state index in [0.717, 1.165) is 0 Å². The lowest BCUT2D eigenvalue weighted by Crippen LogP contribution is -2.55. The van der Waals surface area contributed by atoms with Crippen molar-refractivity contribution in [2.75, 3.05) is 6.61 Å². The maximum atomic E-state index is 12.1. The van der Waals surface area contributed by atoms with Crippen molar-refractivity contribution in [1.82, 2.24) is 0 Å². The van der Waals surface area contributed by atoms with Gasteiger partial charge in [-0.05, 0) is 18.2 Å². The summed E-state index contributed by atoms with van der Waals surface area (Å²) < 4.78 is 10.4. The first-order valence-corrected chi connectivity index (χ1v) is 6.99. The fourth-order valence-electron chi connectivity index (χ4n) is 2.67. The summed E-state index contributed by atoms with van der Waals surface area (Å²) in [5.74, 6) is -0.0683. The molecule has 23 heavy (non-hydrogen) atoms. The highest BCUT2D eigenvalue weighted by Crippen LogP contribution is 2.32. The number of aliphatic hydroxyl groups excluding tert-OH is 4. The Hall–Kier alpha value is -1.97. The maximum Gasteiger partial charge on any atom is 0.342 e. The van der Waals surface area contributed by atoms with E-state index in [1.54, 1.807) is 0 Å². The second kappa shape index (κ2) is 5.91. The lowest BCUT2D eigenvalue weighted by Gasteiger charge is -2.39. The number of aromatic hydroxyl groups is 1. The summed E-state index contributed by atoms with van der Waals surface area (Å²) in [4.78, 5) is 12.1. The fourth-order valence-corrected chi connectivity index (χ4v) is 2.67. The highest BCUT2D eigenvalue weighted by atomic mass is 16.5. The number of benzene rings is 1. The van der Waals surface area contributed by atoms with Crippen molar-refractivity contribution in [3.8, 4) is 5.75 Å². The number of rotatable bonds is 2. The first-order chi connectivity index (χ1) is 10.9. The number of hydrogen-bond acceptors (Lipinski definition) is 8. The number of fused-ring (bicyclic) bond motifs is 1. The molecule has 124 valence electrons.